The first-order valence-corrected chi connectivity index (χ1v) is 8.27. The predicted molar refractivity (Wildman–Crippen MR) is 95.6 cm³/mol. The third kappa shape index (κ3) is 5.32. The highest BCUT2D eigenvalue weighted by molar-refractivity contribution is 6.31. The summed E-state index contributed by atoms with van der Waals surface area (Å²) in [6.07, 6.45) is 0.791. The molecule has 0 heterocycles. The summed E-state index contributed by atoms with van der Waals surface area (Å²) in [7, 11) is 0. The topological polar surface area (TPSA) is 41.1 Å². The maximum absolute atomic E-state index is 13.2. The first kappa shape index (κ1) is 18.4. The van der Waals surface area contributed by atoms with E-state index in [2.05, 4.69) is 10.6 Å². The van der Waals surface area contributed by atoms with E-state index in [0.717, 1.165) is 12.0 Å². The van der Waals surface area contributed by atoms with Crippen molar-refractivity contribution in [2.75, 3.05) is 13.1 Å². The monoisotopic (exact) mass is 348 g/mol. The van der Waals surface area contributed by atoms with Crippen LogP contribution in [0.2, 0.25) is 5.02 Å². The van der Waals surface area contributed by atoms with E-state index in [-0.39, 0.29) is 18.3 Å². The van der Waals surface area contributed by atoms with Gasteiger partial charge in [-0.25, -0.2) is 4.39 Å². The van der Waals surface area contributed by atoms with Gasteiger partial charge in [0.05, 0.1) is 6.54 Å². The van der Waals surface area contributed by atoms with Gasteiger partial charge >= 0.3 is 0 Å². The molecule has 0 bridgehead atoms. The van der Waals surface area contributed by atoms with Crippen LogP contribution in [0.3, 0.4) is 0 Å². The zero-order valence-electron chi connectivity index (χ0n) is 13.9. The third-order valence-electron chi connectivity index (χ3n) is 3.87. The van der Waals surface area contributed by atoms with Crippen LogP contribution < -0.4 is 10.6 Å². The molecule has 3 nitrogen and oxygen atoms in total. The van der Waals surface area contributed by atoms with Gasteiger partial charge in [-0.3, -0.25) is 10.1 Å². The second kappa shape index (κ2) is 8.27. The molecule has 0 unspecified atom stereocenters. The van der Waals surface area contributed by atoms with Crippen molar-refractivity contribution in [3.63, 3.8) is 0 Å². The molecule has 0 aliphatic rings. The van der Waals surface area contributed by atoms with E-state index in [1.54, 1.807) is 6.07 Å². The van der Waals surface area contributed by atoms with E-state index in [4.69, 9.17) is 11.6 Å². The molecule has 0 fully saturated rings. The number of halogens is 2. The second-order valence-corrected chi connectivity index (χ2v) is 6.60. The molecule has 0 saturated carbocycles. The quantitative estimate of drug-likeness (QED) is 0.801. The highest BCUT2D eigenvalue weighted by Crippen LogP contribution is 2.28. The minimum atomic E-state index is -0.540. The molecule has 0 atom stereocenters. The summed E-state index contributed by atoms with van der Waals surface area (Å²) in [6.45, 7) is 4.56. The maximum Gasteiger partial charge on any atom is 0.233 e. The van der Waals surface area contributed by atoms with E-state index >= 15 is 0 Å². The molecular formula is C19H22ClFN2O. The number of benzene rings is 2. The van der Waals surface area contributed by atoms with Gasteiger partial charge in [0.2, 0.25) is 5.91 Å². The van der Waals surface area contributed by atoms with Gasteiger partial charge in [-0.1, -0.05) is 48.0 Å². The molecule has 2 N–H and O–H groups in total. The molecule has 2 aromatic carbocycles. The Morgan fingerprint density at radius 2 is 1.88 bits per heavy atom. The van der Waals surface area contributed by atoms with E-state index in [9.17, 15) is 9.18 Å². The lowest BCUT2D eigenvalue weighted by Crippen LogP contribution is -2.44. The van der Waals surface area contributed by atoms with Gasteiger partial charge in [0, 0.05) is 17.1 Å². The zero-order chi connectivity index (χ0) is 17.6. The second-order valence-electron chi connectivity index (χ2n) is 6.19. The molecule has 128 valence electrons. The normalized spacial score (nSPS) is 11.3. The molecule has 2 aromatic rings. The third-order valence-corrected chi connectivity index (χ3v) is 4.19. The maximum atomic E-state index is 13.2. The lowest BCUT2D eigenvalue weighted by molar-refractivity contribution is -0.120. The average molecular weight is 349 g/mol. The Hall–Kier alpha value is -1.91. The Bertz CT molecular complexity index is 689. The molecular weight excluding hydrogens is 327 g/mol. The van der Waals surface area contributed by atoms with Crippen LogP contribution in [0, 0.1) is 5.82 Å². The lowest BCUT2D eigenvalue weighted by Gasteiger charge is -2.27. The SMILES string of the molecule is CC(C)(NCC(=O)NCCc1ccccc1)c1ccc(F)cc1Cl. The van der Waals surface area contributed by atoms with Crippen LogP contribution in [0.5, 0.6) is 0 Å². The van der Waals surface area contributed by atoms with E-state index in [1.165, 1.54) is 17.7 Å². The van der Waals surface area contributed by atoms with E-state index in [0.29, 0.717) is 11.6 Å². The average Bonchev–Trinajstić information content (AvgIpc) is 2.54. The van der Waals surface area contributed by atoms with E-state index in [1.807, 2.05) is 44.2 Å². The van der Waals surface area contributed by atoms with Crippen LogP contribution in [-0.4, -0.2) is 19.0 Å². The van der Waals surface area contributed by atoms with Crippen molar-refractivity contribution in [3.8, 4) is 0 Å². The fourth-order valence-electron chi connectivity index (χ4n) is 2.45. The number of carbonyl (C=O) groups excluding carboxylic acids is 1. The lowest BCUT2D eigenvalue weighted by atomic mass is 9.94. The largest absolute Gasteiger partial charge is 0.355 e. The molecule has 5 heteroatoms. The Labute approximate surface area is 147 Å². The first-order valence-electron chi connectivity index (χ1n) is 7.90. The van der Waals surface area contributed by atoms with Crippen molar-refractivity contribution in [1.29, 1.82) is 0 Å². The van der Waals surface area contributed by atoms with Gasteiger partial charge in [-0.05, 0) is 43.5 Å². The fraction of sp³-hybridized carbons (Fsp3) is 0.316. The first-order chi connectivity index (χ1) is 11.4. The minimum absolute atomic E-state index is 0.0859. The Balaban J connectivity index is 1.81. The fourth-order valence-corrected chi connectivity index (χ4v) is 2.85. The van der Waals surface area contributed by atoms with Crippen LogP contribution in [0.1, 0.15) is 25.0 Å². The summed E-state index contributed by atoms with van der Waals surface area (Å²) in [5, 5.41) is 6.39. The zero-order valence-corrected chi connectivity index (χ0v) is 14.7. The van der Waals surface area contributed by atoms with Crippen molar-refractivity contribution in [3.05, 3.63) is 70.5 Å². The highest BCUT2D eigenvalue weighted by atomic mass is 35.5. The number of carbonyl (C=O) groups is 1. The van der Waals surface area contributed by atoms with E-state index < -0.39 is 5.54 Å². The van der Waals surface area contributed by atoms with Crippen molar-refractivity contribution < 1.29 is 9.18 Å². The van der Waals surface area contributed by atoms with Gasteiger partial charge in [0.15, 0.2) is 0 Å². The number of hydrogen-bond acceptors (Lipinski definition) is 2. The summed E-state index contributed by atoms with van der Waals surface area (Å²) < 4.78 is 13.2. The number of amides is 1. The minimum Gasteiger partial charge on any atom is -0.355 e. The molecule has 0 aliphatic carbocycles. The van der Waals surface area contributed by atoms with Crippen molar-refractivity contribution in [2.24, 2.45) is 0 Å². The van der Waals surface area contributed by atoms with Crippen LogP contribution >= 0.6 is 11.6 Å². The Morgan fingerprint density at radius 1 is 1.17 bits per heavy atom. The molecule has 0 aliphatic heterocycles. The van der Waals surface area contributed by atoms with Gasteiger partial charge in [0.25, 0.3) is 0 Å². The standard InChI is InChI=1S/C19H22ClFN2O/c1-19(2,16-9-8-15(21)12-17(16)20)23-13-18(24)22-11-10-14-6-4-3-5-7-14/h3-9,12,23H,10-11,13H2,1-2H3,(H,22,24). The van der Waals surface area contributed by atoms with Crippen molar-refractivity contribution in [1.82, 2.24) is 10.6 Å². The van der Waals surface area contributed by atoms with Gasteiger partial charge in [0.1, 0.15) is 5.82 Å². The number of hydrogen-bond donors (Lipinski definition) is 2. The molecule has 0 spiro atoms. The molecule has 24 heavy (non-hydrogen) atoms. The Kier molecular flexibility index (Phi) is 6.35. The number of nitrogens with one attached hydrogen (secondary N) is 2. The molecule has 0 aromatic heterocycles. The predicted octanol–water partition coefficient (Wildman–Crippen LogP) is 3.66. The highest BCUT2D eigenvalue weighted by Gasteiger charge is 2.23. The molecule has 0 radical (unpaired) electrons. The van der Waals surface area contributed by atoms with Crippen molar-refractivity contribution >= 4 is 17.5 Å². The summed E-state index contributed by atoms with van der Waals surface area (Å²) in [5.74, 6) is -0.463. The van der Waals surface area contributed by atoms with Gasteiger partial charge < -0.3 is 5.32 Å². The summed E-state index contributed by atoms with van der Waals surface area (Å²) in [5.41, 5.74) is 1.40. The molecule has 2 rings (SSSR count). The number of rotatable bonds is 7. The van der Waals surface area contributed by atoms with Crippen LogP contribution in [0.15, 0.2) is 48.5 Å². The molecule has 1 amide bonds. The summed E-state index contributed by atoms with van der Waals surface area (Å²) >= 11 is 6.10. The van der Waals surface area contributed by atoms with Gasteiger partial charge in [-0.2, -0.15) is 0 Å². The Morgan fingerprint density at radius 3 is 2.54 bits per heavy atom. The van der Waals surface area contributed by atoms with Crippen LogP contribution in [0.4, 0.5) is 4.39 Å². The van der Waals surface area contributed by atoms with Gasteiger partial charge in [-0.15, -0.1) is 0 Å². The van der Waals surface area contributed by atoms with Crippen LogP contribution in [-0.2, 0) is 16.8 Å². The summed E-state index contributed by atoms with van der Waals surface area (Å²) in [6, 6.07) is 14.3. The summed E-state index contributed by atoms with van der Waals surface area (Å²) in [4.78, 5) is 12.0. The molecule has 0 saturated heterocycles. The van der Waals surface area contributed by atoms with Crippen LogP contribution in [0.25, 0.3) is 0 Å². The smallest absolute Gasteiger partial charge is 0.233 e. The van der Waals surface area contributed by atoms with Crippen molar-refractivity contribution in [2.45, 2.75) is 25.8 Å².